The highest BCUT2D eigenvalue weighted by Crippen LogP contribution is 2.40. The van der Waals surface area contributed by atoms with Crippen LogP contribution in [0.25, 0.3) is 10.9 Å². The smallest absolute Gasteiger partial charge is 0.422 e. The fourth-order valence-corrected chi connectivity index (χ4v) is 6.57. The number of carbonyl (C=O) groups excluding carboxylic acids is 2. The number of hydrogen-bond acceptors (Lipinski definition) is 7. The van der Waals surface area contributed by atoms with Crippen molar-refractivity contribution in [3.63, 3.8) is 0 Å². The highest BCUT2D eigenvalue weighted by Gasteiger charge is 2.45. The summed E-state index contributed by atoms with van der Waals surface area (Å²) < 4.78 is 65.1. The molecule has 1 aromatic heterocycles. The van der Waals surface area contributed by atoms with Crippen LogP contribution in [-0.4, -0.2) is 70.3 Å². The van der Waals surface area contributed by atoms with E-state index in [-0.39, 0.29) is 50.5 Å². The third kappa shape index (κ3) is 6.39. The van der Waals surface area contributed by atoms with Crippen LogP contribution in [0, 0.1) is 11.7 Å². The summed E-state index contributed by atoms with van der Waals surface area (Å²) in [6.07, 6.45) is 0.647. The van der Waals surface area contributed by atoms with Gasteiger partial charge in [-0.05, 0) is 68.5 Å². The van der Waals surface area contributed by atoms with E-state index < -0.39 is 36.3 Å². The van der Waals surface area contributed by atoms with Crippen molar-refractivity contribution in [1.82, 2.24) is 14.9 Å². The van der Waals surface area contributed by atoms with Crippen molar-refractivity contribution >= 4 is 44.5 Å². The van der Waals surface area contributed by atoms with E-state index in [1.807, 2.05) is 4.90 Å². The number of alkyl halides is 3. The Balaban J connectivity index is 1.55. The fourth-order valence-electron chi connectivity index (χ4n) is 6.07. The Morgan fingerprint density at radius 2 is 1.66 bits per heavy atom. The zero-order chi connectivity index (χ0) is 29.7. The number of hydrogen-bond donors (Lipinski definition) is 0. The number of ether oxygens (including phenoxy) is 2. The van der Waals surface area contributed by atoms with E-state index in [1.165, 1.54) is 6.07 Å². The van der Waals surface area contributed by atoms with Crippen LogP contribution in [0.1, 0.15) is 76.1 Å². The van der Waals surface area contributed by atoms with Crippen molar-refractivity contribution in [3.05, 3.63) is 21.9 Å². The van der Waals surface area contributed by atoms with E-state index in [0.29, 0.717) is 38.8 Å². The molecule has 0 N–H and O–H groups in total. The average molecular weight is 645 g/mol. The SMILES string of the molecule is CC(C)(C)OC(=O)N1[C@@H]2CC[C@H]1CN(c1nc(OCC(F)(F)F)nc3c(F)c(Br)c(C(=O)C4CCCCC4)cc13)C2. The minimum absolute atomic E-state index is 0.0817. The first kappa shape index (κ1) is 29.8. The van der Waals surface area contributed by atoms with E-state index in [1.54, 1.807) is 25.7 Å². The van der Waals surface area contributed by atoms with Gasteiger partial charge >= 0.3 is 18.3 Å². The fraction of sp³-hybridized carbons (Fsp3) is 0.643. The van der Waals surface area contributed by atoms with Gasteiger partial charge in [-0.2, -0.15) is 23.1 Å². The molecule has 0 spiro atoms. The van der Waals surface area contributed by atoms with E-state index in [2.05, 4.69) is 25.9 Å². The molecule has 41 heavy (non-hydrogen) atoms. The van der Waals surface area contributed by atoms with Gasteiger partial charge in [0.1, 0.15) is 16.9 Å². The topological polar surface area (TPSA) is 84.9 Å². The van der Waals surface area contributed by atoms with E-state index in [0.717, 1.165) is 19.3 Å². The van der Waals surface area contributed by atoms with Gasteiger partial charge < -0.3 is 14.4 Å². The second-order valence-corrected chi connectivity index (χ2v) is 12.9. The quantitative estimate of drug-likeness (QED) is 0.261. The zero-order valence-corrected chi connectivity index (χ0v) is 24.8. The van der Waals surface area contributed by atoms with Crippen molar-refractivity contribution in [3.8, 4) is 6.01 Å². The molecule has 13 heteroatoms. The number of anilines is 1. The molecule has 8 nitrogen and oxygen atoms in total. The van der Waals surface area contributed by atoms with Gasteiger partial charge in [0.25, 0.3) is 0 Å². The van der Waals surface area contributed by atoms with Crippen molar-refractivity contribution in [2.75, 3.05) is 24.6 Å². The first-order chi connectivity index (χ1) is 19.2. The maximum absolute atomic E-state index is 15.8. The molecule has 1 aromatic carbocycles. The van der Waals surface area contributed by atoms with Gasteiger partial charge in [0.2, 0.25) is 0 Å². The Kier molecular flexibility index (Phi) is 8.12. The number of ketones is 1. The van der Waals surface area contributed by atoms with Crippen molar-refractivity contribution in [1.29, 1.82) is 0 Å². The molecule has 3 fully saturated rings. The van der Waals surface area contributed by atoms with Crippen molar-refractivity contribution in [2.45, 2.75) is 89.6 Å². The van der Waals surface area contributed by atoms with Crippen LogP contribution >= 0.6 is 15.9 Å². The van der Waals surface area contributed by atoms with E-state index in [9.17, 15) is 22.8 Å². The monoisotopic (exact) mass is 644 g/mol. The number of benzene rings is 1. The maximum atomic E-state index is 15.8. The Hall–Kier alpha value is -2.70. The highest BCUT2D eigenvalue weighted by molar-refractivity contribution is 9.10. The number of amides is 1. The second-order valence-electron chi connectivity index (χ2n) is 12.1. The van der Waals surface area contributed by atoms with Crippen LogP contribution in [0.4, 0.5) is 28.2 Å². The molecule has 224 valence electrons. The summed E-state index contributed by atoms with van der Waals surface area (Å²) >= 11 is 3.21. The lowest BCUT2D eigenvalue weighted by Gasteiger charge is -2.42. The molecule has 3 aliphatic rings. The summed E-state index contributed by atoms with van der Waals surface area (Å²) in [7, 11) is 0. The van der Waals surface area contributed by atoms with Crippen LogP contribution in [0.2, 0.25) is 0 Å². The molecule has 2 aromatic rings. The predicted molar refractivity (Wildman–Crippen MR) is 147 cm³/mol. The van der Waals surface area contributed by atoms with Gasteiger partial charge in [0, 0.05) is 30.0 Å². The van der Waals surface area contributed by atoms with Gasteiger partial charge in [0.05, 0.1) is 16.6 Å². The van der Waals surface area contributed by atoms with Crippen LogP contribution in [0.5, 0.6) is 6.01 Å². The summed E-state index contributed by atoms with van der Waals surface area (Å²) in [5, 5.41) is 0.203. The molecule has 0 radical (unpaired) electrons. The lowest BCUT2D eigenvalue weighted by atomic mass is 9.83. The van der Waals surface area contributed by atoms with Gasteiger partial charge in [-0.3, -0.25) is 9.69 Å². The number of carbonyl (C=O) groups is 2. The van der Waals surface area contributed by atoms with Gasteiger partial charge in [0.15, 0.2) is 18.2 Å². The van der Waals surface area contributed by atoms with E-state index >= 15 is 4.39 Å². The molecule has 2 bridgehead atoms. The van der Waals surface area contributed by atoms with Crippen LogP contribution < -0.4 is 9.64 Å². The number of piperazine rings is 1. The molecule has 5 rings (SSSR count). The van der Waals surface area contributed by atoms with E-state index in [4.69, 9.17) is 9.47 Å². The first-order valence-electron chi connectivity index (χ1n) is 13.9. The Morgan fingerprint density at radius 1 is 1.02 bits per heavy atom. The molecule has 3 heterocycles. The minimum Gasteiger partial charge on any atom is -0.454 e. The second kappa shape index (κ2) is 11.2. The molecule has 1 saturated carbocycles. The number of nitrogens with zero attached hydrogens (tertiary/aromatic N) is 4. The summed E-state index contributed by atoms with van der Waals surface area (Å²) in [4.78, 5) is 38.2. The van der Waals surface area contributed by atoms with Crippen LogP contribution in [0.3, 0.4) is 0 Å². The Labute approximate surface area is 243 Å². The molecule has 1 aliphatic carbocycles. The minimum atomic E-state index is -4.65. The largest absolute Gasteiger partial charge is 0.454 e. The summed E-state index contributed by atoms with van der Waals surface area (Å²) in [5.74, 6) is -1.12. The predicted octanol–water partition coefficient (Wildman–Crippen LogP) is 6.82. The Bertz CT molecular complexity index is 1330. The molecule has 1 amide bonds. The third-order valence-electron chi connectivity index (χ3n) is 7.82. The highest BCUT2D eigenvalue weighted by atomic mass is 79.9. The number of Topliss-reactive ketones (excluding diaryl/α,β-unsaturated/α-hetero) is 1. The van der Waals surface area contributed by atoms with Crippen LogP contribution in [0.15, 0.2) is 10.5 Å². The van der Waals surface area contributed by atoms with Gasteiger partial charge in [-0.25, -0.2) is 9.18 Å². The summed E-state index contributed by atoms with van der Waals surface area (Å²) in [6.45, 7) is 4.32. The molecule has 0 unspecified atom stereocenters. The standard InChI is InChI=1S/C28H33BrF4N4O4/c1-27(2,3)41-26(39)37-16-9-10-17(37)13-36(12-16)24-19-11-18(23(38)15-7-5-4-6-8-15)20(29)21(30)22(19)34-25(35-24)40-14-28(31,32)33/h11,15-17H,4-10,12-14H2,1-3H3/t16-,17+. The van der Waals surface area contributed by atoms with Crippen molar-refractivity contribution < 1.29 is 36.6 Å². The Morgan fingerprint density at radius 3 is 2.24 bits per heavy atom. The number of fused-ring (bicyclic) bond motifs is 3. The number of halogens is 5. The molecule has 2 atom stereocenters. The zero-order valence-electron chi connectivity index (χ0n) is 23.2. The first-order valence-corrected chi connectivity index (χ1v) is 14.7. The lowest BCUT2D eigenvalue weighted by molar-refractivity contribution is -0.154. The molecular formula is C28H33BrF4N4O4. The summed E-state index contributed by atoms with van der Waals surface area (Å²) in [6, 6.07) is 0.433. The third-order valence-corrected chi connectivity index (χ3v) is 8.60. The molecule has 2 saturated heterocycles. The molecular weight excluding hydrogens is 612 g/mol. The molecule has 2 aliphatic heterocycles. The van der Waals surface area contributed by atoms with Gasteiger partial charge in [-0.15, -0.1) is 0 Å². The normalized spacial score (nSPS) is 21.9. The van der Waals surface area contributed by atoms with Gasteiger partial charge in [-0.1, -0.05) is 19.3 Å². The average Bonchev–Trinajstić information content (AvgIpc) is 3.17. The maximum Gasteiger partial charge on any atom is 0.422 e. The van der Waals surface area contributed by atoms with Crippen molar-refractivity contribution in [2.24, 2.45) is 5.92 Å². The lowest BCUT2D eigenvalue weighted by Crippen LogP contribution is -2.57. The number of rotatable bonds is 5. The number of aromatic nitrogens is 2. The summed E-state index contributed by atoms with van der Waals surface area (Å²) in [5.41, 5.74) is -0.764. The van der Waals surface area contributed by atoms with Crippen LogP contribution in [-0.2, 0) is 4.74 Å².